The number of methoxy groups -OCH3 is 1. The van der Waals surface area contributed by atoms with Crippen LogP contribution in [-0.2, 0) is 17.9 Å². The summed E-state index contributed by atoms with van der Waals surface area (Å²) < 4.78 is 7.20. The first-order valence-corrected chi connectivity index (χ1v) is 12.3. The number of aliphatic carboxylic acids is 1. The van der Waals surface area contributed by atoms with Crippen LogP contribution in [0.1, 0.15) is 60.8 Å². The second-order valence-electron chi connectivity index (χ2n) is 9.30. The minimum absolute atomic E-state index is 0.0493. The molecule has 9 heteroatoms. The number of aromatic nitrogens is 2. The predicted molar refractivity (Wildman–Crippen MR) is 139 cm³/mol. The Morgan fingerprint density at radius 3 is 2.30 bits per heavy atom. The van der Waals surface area contributed by atoms with Crippen molar-refractivity contribution in [1.82, 2.24) is 14.9 Å². The number of rotatable bonds is 13. The standard InChI is InChI=1S/C28H35N3O6/c1-18(2)26-25(28(36)29-17-19-7-5-4-6-8-19)30-27(20-9-11-23(37-3)12-10-20)31(26)14-13-21(32)15-22(33)16-24(34)35/h4-12,18,21-22,32-33H,13-17H2,1-3H3,(H,29,36)(H,34,35)/t21-,22-/m1/s1. The van der Waals surface area contributed by atoms with Crippen molar-refractivity contribution in [3.63, 3.8) is 0 Å². The van der Waals surface area contributed by atoms with Crippen LogP contribution in [0.4, 0.5) is 0 Å². The number of aliphatic hydroxyl groups is 2. The molecule has 0 radical (unpaired) electrons. The molecule has 1 heterocycles. The fraction of sp³-hybridized carbons (Fsp3) is 0.393. The summed E-state index contributed by atoms with van der Waals surface area (Å²) in [6.07, 6.45) is -2.29. The maximum absolute atomic E-state index is 13.3. The molecule has 3 aromatic rings. The second-order valence-corrected chi connectivity index (χ2v) is 9.30. The molecule has 0 bridgehead atoms. The molecule has 37 heavy (non-hydrogen) atoms. The van der Waals surface area contributed by atoms with Gasteiger partial charge < -0.3 is 29.9 Å². The number of aliphatic hydroxyl groups excluding tert-OH is 2. The minimum Gasteiger partial charge on any atom is -0.497 e. The topological polar surface area (TPSA) is 134 Å². The largest absolute Gasteiger partial charge is 0.497 e. The minimum atomic E-state index is -1.14. The van der Waals surface area contributed by atoms with Crippen LogP contribution in [0.3, 0.4) is 0 Å². The molecule has 2 atom stereocenters. The zero-order chi connectivity index (χ0) is 26.9. The van der Waals surface area contributed by atoms with Gasteiger partial charge >= 0.3 is 5.97 Å². The van der Waals surface area contributed by atoms with E-state index in [0.717, 1.165) is 16.8 Å². The Balaban J connectivity index is 1.91. The van der Waals surface area contributed by atoms with Gasteiger partial charge in [0.05, 0.1) is 31.4 Å². The number of carboxylic acids is 1. The third-order valence-corrected chi connectivity index (χ3v) is 6.05. The molecule has 198 valence electrons. The number of nitrogens with zero attached hydrogens (tertiary/aromatic N) is 2. The van der Waals surface area contributed by atoms with E-state index < -0.39 is 24.6 Å². The lowest BCUT2D eigenvalue weighted by Gasteiger charge is -2.19. The second kappa shape index (κ2) is 13.0. The van der Waals surface area contributed by atoms with Crippen LogP contribution in [0.15, 0.2) is 54.6 Å². The number of hydrogen-bond acceptors (Lipinski definition) is 6. The summed E-state index contributed by atoms with van der Waals surface area (Å²) in [6, 6.07) is 17.0. The van der Waals surface area contributed by atoms with Gasteiger partial charge in [-0.05, 0) is 48.6 Å². The summed E-state index contributed by atoms with van der Waals surface area (Å²) in [4.78, 5) is 28.9. The van der Waals surface area contributed by atoms with E-state index in [4.69, 9.17) is 14.8 Å². The molecule has 3 rings (SSSR count). The normalized spacial score (nSPS) is 12.8. The van der Waals surface area contributed by atoms with Crippen molar-refractivity contribution in [2.75, 3.05) is 7.11 Å². The molecule has 9 nitrogen and oxygen atoms in total. The highest BCUT2D eigenvalue weighted by Crippen LogP contribution is 2.30. The highest BCUT2D eigenvalue weighted by Gasteiger charge is 2.26. The Bertz CT molecular complexity index is 1170. The summed E-state index contributed by atoms with van der Waals surface area (Å²) in [6.45, 7) is 4.65. The van der Waals surface area contributed by atoms with Gasteiger partial charge in [-0.15, -0.1) is 0 Å². The summed E-state index contributed by atoms with van der Waals surface area (Å²) in [5, 5.41) is 32.2. The number of imidazole rings is 1. The smallest absolute Gasteiger partial charge is 0.305 e. The van der Waals surface area contributed by atoms with Crippen molar-refractivity contribution in [3.05, 3.63) is 71.5 Å². The molecule has 0 saturated heterocycles. The summed E-state index contributed by atoms with van der Waals surface area (Å²) in [5.74, 6) is -0.196. The fourth-order valence-electron chi connectivity index (χ4n) is 4.26. The van der Waals surface area contributed by atoms with Crippen molar-refractivity contribution < 1.29 is 29.6 Å². The Morgan fingerprint density at radius 2 is 1.70 bits per heavy atom. The SMILES string of the molecule is COc1ccc(-c2nc(C(=O)NCc3ccccc3)c(C(C)C)n2CC[C@@H](O)C[C@@H](O)CC(=O)O)cc1. The maximum atomic E-state index is 13.3. The average Bonchev–Trinajstić information content (AvgIpc) is 3.26. The third kappa shape index (κ3) is 7.65. The van der Waals surface area contributed by atoms with Crippen LogP contribution >= 0.6 is 0 Å². The molecule has 0 aliphatic carbocycles. The van der Waals surface area contributed by atoms with Gasteiger partial charge in [0.2, 0.25) is 0 Å². The summed E-state index contributed by atoms with van der Waals surface area (Å²) in [7, 11) is 1.59. The number of carbonyl (C=O) groups excluding carboxylic acids is 1. The van der Waals surface area contributed by atoms with E-state index in [1.165, 1.54) is 0 Å². The quantitative estimate of drug-likeness (QED) is 0.277. The number of hydrogen-bond donors (Lipinski definition) is 4. The molecular weight excluding hydrogens is 474 g/mol. The maximum Gasteiger partial charge on any atom is 0.305 e. The number of carboxylic acid groups (broad SMARTS) is 1. The number of benzene rings is 2. The van der Waals surface area contributed by atoms with Crippen molar-refractivity contribution in [1.29, 1.82) is 0 Å². The molecule has 0 aliphatic rings. The van der Waals surface area contributed by atoms with Crippen LogP contribution in [-0.4, -0.2) is 56.1 Å². The Morgan fingerprint density at radius 1 is 1.03 bits per heavy atom. The lowest BCUT2D eigenvalue weighted by molar-refractivity contribution is -0.139. The Labute approximate surface area is 216 Å². The summed E-state index contributed by atoms with van der Waals surface area (Å²) in [5.41, 5.74) is 2.80. The first-order valence-electron chi connectivity index (χ1n) is 12.3. The van der Waals surface area contributed by atoms with E-state index in [1.54, 1.807) is 7.11 Å². The van der Waals surface area contributed by atoms with E-state index in [-0.39, 0.29) is 24.7 Å². The molecule has 0 spiro atoms. The molecule has 0 unspecified atom stereocenters. The van der Waals surface area contributed by atoms with E-state index in [0.29, 0.717) is 30.4 Å². The third-order valence-electron chi connectivity index (χ3n) is 6.05. The number of nitrogens with one attached hydrogen (secondary N) is 1. The highest BCUT2D eigenvalue weighted by molar-refractivity contribution is 5.94. The Hall–Kier alpha value is -3.69. The zero-order valence-electron chi connectivity index (χ0n) is 21.4. The molecule has 0 saturated carbocycles. The fourth-order valence-corrected chi connectivity index (χ4v) is 4.26. The van der Waals surface area contributed by atoms with Crippen LogP contribution in [0, 0.1) is 0 Å². The highest BCUT2D eigenvalue weighted by atomic mass is 16.5. The van der Waals surface area contributed by atoms with Gasteiger partial charge in [0.15, 0.2) is 0 Å². The van der Waals surface area contributed by atoms with Gasteiger partial charge in [-0.3, -0.25) is 9.59 Å². The molecule has 0 fully saturated rings. The van der Waals surface area contributed by atoms with E-state index in [9.17, 15) is 19.8 Å². The van der Waals surface area contributed by atoms with Crippen molar-refractivity contribution >= 4 is 11.9 Å². The monoisotopic (exact) mass is 509 g/mol. The first kappa shape index (κ1) is 27.9. The molecule has 0 aliphatic heterocycles. The average molecular weight is 510 g/mol. The van der Waals surface area contributed by atoms with Crippen molar-refractivity contribution in [2.24, 2.45) is 0 Å². The van der Waals surface area contributed by atoms with Crippen LogP contribution in [0.2, 0.25) is 0 Å². The van der Waals surface area contributed by atoms with Gasteiger partial charge in [0.25, 0.3) is 5.91 Å². The number of amides is 1. The summed E-state index contributed by atoms with van der Waals surface area (Å²) >= 11 is 0. The molecular formula is C28H35N3O6. The molecule has 4 N–H and O–H groups in total. The first-order chi connectivity index (χ1) is 17.7. The predicted octanol–water partition coefficient (Wildman–Crippen LogP) is 3.59. The lowest BCUT2D eigenvalue weighted by Crippen LogP contribution is -2.25. The van der Waals surface area contributed by atoms with Gasteiger partial charge in [-0.2, -0.15) is 0 Å². The van der Waals surface area contributed by atoms with Crippen molar-refractivity contribution in [2.45, 2.75) is 64.3 Å². The molecule has 1 amide bonds. The lowest BCUT2D eigenvalue weighted by atomic mass is 10.0. The zero-order valence-corrected chi connectivity index (χ0v) is 21.4. The van der Waals surface area contributed by atoms with Crippen LogP contribution in [0.25, 0.3) is 11.4 Å². The number of ether oxygens (including phenoxy) is 1. The number of carbonyl (C=O) groups is 2. The van der Waals surface area contributed by atoms with Gasteiger partial charge in [0.1, 0.15) is 17.3 Å². The molecule has 1 aromatic heterocycles. The van der Waals surface area contributed by atoms with E-state index in [2.05, 4.69) is 5.32 Å². The van der Waals surface area contributed by atoms with Crippen LogP contribution in [0.5, 0.6) is 5.75 Å². The van der Waals surface area contributed by atoms with Crippen LogP contribution < -0.4 is 10.1 Å². The van der Waals surface area contributed by atoms with Gasteiger partial charge in [-0.1, -0.05) is 44.2 Å². The van der Waals surface area contributed by atoms with E-state index >= 15 is 0 Å². The Kier molecular flexibility index (Phi) is 9.82. The van der Waals surface area contributed by atoms with Gasteiger partial charge in [0, 0.05) is 18.7 Å². The van der Waals surface area contributed by atoms with E-state index in [1.807, 2.05) is 73.0 Å². The van der Waals surface area contributed by atoms with Crippen molar-refractivity contribution in [3.8, 4) is 17.1 Å². The molecule has 2 aromatic carbocycles. The van der Waals surface area contributed by atoms with Gasteiger partial charge in [-0.25, -0.2) is 4.98 Å².